The molecule has 4 heteroatoms. The van der Waals surface area contributed by atoms with E-state index in [0.29, 0.717) is 30.8 Å². The molecule has 0 spiro atoms. The van der Waals surface area contributed by atoms with E-state index in [0.717, 1.165) is 17.9 Å². The third-order valence-corrected chi connectivity index (χ3v) is 4.35. The average molecular weight is 354 g/mol. The molecule has 0 aliphatic carbocycles. The number of hydrogen-bond acceptors (Lipinski definition) is 3. The molecule has 0 aliphatic heterocycles. The van der Waals surface area contributed by atoms with E-state index in [9.17, 15) is 4.79 Å². The molecule has 2 aromatic rings. The van der Waals surface area contributed by atoms with Gasteiger partial charge in [0, 0.05) is 30.7 Å². The Labute approximate surface area is 157 Å². The summed E-state index contributed by atoms with van der Waals surface area (Å²) in [6, 6.07) is 18.2. The van der Waals surface area contributed by atoms with E-state index < -0.39 is 0 Å². The summed E-state index contributed by atoms with van der Waals surface area (Å²) in [4.78, 5) is 14.6. The van der Waals surface area contributed by atoms with E-state index in [1.807, 2.05) is 42.5 Å². The fraction of sp³-hybridized carbons (Fsp3) is 0.409. The molecule has 2 aromatic carbocycles. The first-order valence-electron chi connectivity index (χ1n) is 9.28. The SMILES string of the molecule is CC(C)N(CCNC(=O)c1ccc(OCc2ccccc2)cc1)C(C)C. The molecule has 0 atom stereocenters. The second-order valence-corrected chi connectivity index (χ2v) is 6.98. The van der Waals surface area contributed by atoms with Gasteiger partial charge >= 0.3 is 0 Å². The first-order chi connectivity index (χ1) is 12.5. The van der Waals surface area contributed by atoms with Crippen LogP contribution in [0.3, 0.4) is 0 Å². The lowest BCUT2D eigenvalue weighted by Crippen LogP contribution is -2.42. The smallest absolute Gasteiger partial charge is 0.251 e. The van der Waals surface area contributed by atoms with Crippen LogP contribution in [-0.2, 0) is 6.61 Å². The van der Waals surface area contributed by atoms with Crippen molar-refractivity contribution in [3.8, 4) is 5.75 Å². The molecule has 0 aromatic heterocycles. The molecule has 1 amide bonds. The second kappa shape index (κ2) is 9.97. The summed E-state index contributed by atoms with van der Waals surface area (Å²) in [5.41, 5.74) is 1.77. The fourth-order valence-corrected chi connectivity index (χ4v) is 2.96. The normalized spacial score (nSPS) is 11.2. The third-order valence-electron chi connectivity index (χ3n) is 4.35. The van der Waals surface area contributed by atoms with Gasteiger partial charge in [-0.3, -0.25) is 9.69 Å². The summed E-state index contributed by atoms with van der Waals surface area (Å²) < 4.78 is 5.75. The Balaban J connectivity index is 1.80. The van der Waals surface area contributed by atoms with Crippen LogP contribution in [0.15, 0.2) is 54.6 Å². The highest BCUT2D eigenvalue weighted by atomic mass is 16.5. The van der Waals surface area contributed by atoms with E-state index in [-0.39, 0.29) is 5.91 Å². The minimum Gasteiger partial charge on any atom is -0.489 e. The van der Waals surface area contributed by atoms with Crippen molar-refractivity contribution in [2.24, 2.45) is 0 Å². The third kappa shape index (κ3) is 6.19. The standard InChI is InChI=1S/C22H30N2O2/c1-17(2)24(18(3)4)15-14-23-22(25)20-10-12-21(13-11-20)26-16-19-8-6-5-7-9-19/h5-13,17-18H,14-16H2,1-4H3,(H,23,25). The summed E-state index contributed by atoms with van der Waals surface area (Å²) in [5.74, 6) is 0.711. The number of benzene rings is 2. The number of carbonyl (C=O) groups is 1. The zero-order valence-corrected chi connectivity index (χ0v) is 16.2. The molecular formula is C22H30N2O2. The Hall–Kier alpha value is -2.33. The highest BCUT2D eigenvalue weighted by Gasteiger charge is 2.13. The van der Waals surface area contributed by atoms with Crippen LogP contribution in [0, 0.1) is 0 Å². The molecule has 0 unspecified atom stereocenters. The number of ether oxygens (including phenoxy) is 1. The Bertz CT molecular complexity index is 658. The Morgan fingerprint density at radius 3 is 2.15 bits per heavy atom. The van der Waals surface area contributed by atoms with E-state index in [1.54, 1.807) is 12.1 Å². The topological polar surface area (TPSA) is 41.6 Å². The van der Waals surface area contributed by atoms with Crippen molar-refractivity contribution >= 4 is 5.91 Å². The van der Waals surface area contributed by atoms with Crippen molar-refractivity contribution in [1.82, 2.24) is 10.2 Å². The van der Waals surface area contributed by atoms with Crippen molar-refractivity contribution in [3.63, 3.8) is 0 Å². The molecule has 0 heterocycles. The van der Waals surface area contributed by atoms with Crippen molar-refractivity contribution in [3.05, 3.63) is 65.7 Å². The molecule has 0 aliphatic rings. The van der Waals surface area contributed by atoms with Gasteiger partial charge < -0.3 is 10.1 Å². The zero-order chi connectivity index (χ0) is 18.9. The summed E-state index contributed by atoms with van der Waals surface area (Å²) in [6.07, 6.45) is 0. The van der Waals surface area contributed by atoms with Gasteiger partial charge in [0.25, 0.3) is 5.91 Å². The van der Waals surface area contributed by atoms with Gasteiger partial charge in [0.15, 0.2) is 0 Å². The highest BCUT2D eigenvalue weighted by molar-refractivity contribution is 5.94. The maximum absolute atomic E-state index is 12.3. The van der Waals surface area contributed by atoms with E-state index in [4.69, 9.17) is 4.74 Å². The first kappa shape index (κ1) is 20.0. The van der Waals surface area contributed by atoms with Crippen molar-refractivity contribution < 1.29 is 9.53 Å². The molecular weight excluding hydrogens is 324 g/mol. The molecule has 4 nitrogen and oxygen atoms in total. The molecule has 0 radical (unpaired) electrons. The number of nitrogens with zero attached hydrogens (tertiary/aromatic N) is 1. The molecule has 2 rings (SSSR count). The van der Waals surface area contributed by atoms with Crippen molar-refractivity contribution in [1.29, 1.82) is 0 Å². The number of carbonyl (C=O) groups excluding carboxylic acids is 1. The summed E-state index contributed by atoms with van der Waals surface area (Å²) in [5, 5.41) is 3.00. The molecule has 26 heavy (non-hydrogen) atoms. The van der Waals surface area contributed by atoms with Gasteiger partial charge in [-0.2, -0.15) is 0 Å². The van der Waals surface area contributed by atoms with Gasteiger partial charge in [0.05, 0.1) is 0 Å². The van der Waals surface area contributed by atoms with Gasteiger partial charge in [-0.15, -0.1) is 0 Å². The van der Waals surface area contributed by atoms with Gasteiger partial charge in [-0.1, -0.05) is 30.3 Å². The lowest BCUT2D eigenvalue weighted by molar-refractivity contribution is 0.0939. The van der Waals surface area contributed by atoms with Crippen LogP contribution >= 0.6 is 0 Å². The van der Waals surface area contributed by atoms with Crippen molar-refractivity contribution in [2.75, 3.05) is 13.1 Å². The minimum atomic E-state index is -0.0490. The van der Waals surface area contributed by atoms with Crippen LogP contribution in [0.4, 0.5) is 0 Å². The average Bonchev–Trinajstić information content (AvgIpc) is 2.64. The molecule has 140 valence electrons. The molecule has 0 fully saturated rings. The monoisotopic (exact) mass is 354 g/mol. The maximum atomic E-state index is 12.3. The van der Waals surface area contributed by atoms with Crippen LogP contribution < -0.4 is 10.1 Å². The largest absolute Gasteiger partial charge is 0.489 e. The van der Waals surface area contributed by atoms with E-state index in [1.165, 1.54) is 0 Å². The van der Waals surface area contributed by atoms with Gasteiger partial charge in [-0.05, 0) is 57.5 Å². The molecule has 0 bridgehead atoms. The highest BCUT2D eigenvalue weighted by Crippen LogP contribution is 2.14. The van der Waals surface area contributed by atoms with E-state index >= 15 is 0 Å². The summed E-state index contributed by atoms with van der Waals surface area (Å²) in [6.45, 7) is 10.7. The minimum absolute atomic E-state index is 0.0490. The Kier molecular flexibility index (Phi) is 7.67. The van der Waals surface area contributed by atoms with Crippen LogP contribution in [-0.4, -0.2) is 36.0 Å². The summed E-state index contributed by atoms with van der Waals surface area (Å²) >= 11 is 0. The number of hydrogen-bond donors (Lipinski definition) is 1. The van der Waals surface area contributed by atoms with Crippen LogP contribution in [0.5, 0.6) is 5.75 Å². The molecule has 0 saturated heterocycles. The van der Waals surface area contributed by atoms with Gasteiger partial charge in [0.1, 0.15) is 12.4 Å². The Morgan fingerprint density at radius 1 is 0.962 bits per heavy atom. The summed E-state index contributed by atoms with van der Waals surface area (Å²) in [7, 11) is 0. The first-order valence-corrected chi connectivity index (χ1v) is 9.28. The predicted octanol–water partition coefficient (Wildman–Crippen LogP) is 4.11. The lowest BCUT2D eigenvalue weighted by atomic mass is 10.2. The Morgan fingerprint density at radius 2 is 1.58 bits per heavy atom. The maximum Gasteiger partial charge on any atom is 0.251 e. The van der Waals surface area contributed by atoms with E-state index in [2.05, 4.69) is 37.9 Å². The van der Waals surface area contributed by atoms with Crippen molar-refractivity contribution in [2.45, 2.75) is 46.4 Å². The van der Waals surface area contributed by atoms with Crippen LogP contribution in [0.2, 0.25) is 0 Å². The number of amides is 1. The van der Waals surface area contributed by atoms with Gasteiger partial charge in [0.2, 0.25) is 0 Å². The second-order valence-electron chi connectivity index (χ2n) is 6.98. The molecule has 1 N–H and O–H groups in total. The zero-order valence-electron chi connectivity index (χ0n) is 16.2. The fourth-order valence-electron chi connectivity index (χ4n) is 2.96. The number of rotatable bonds is 9. The van der Waals surface area contributed by atoms with Crippen LogP contribution in [0.1, 0.15) is 43.6 Å². The lowest BCUT2D eigenvalue weighted by Gasteiger charge is -2.30. The predicted molar refractivity (Wildman–Crippen MR) is 107 cm³/mol. The molecule has 0 saturated carbocycles. The quantitative estimate of drug-likeness (QED) is 0.737. The van der Waals surface area contributed by atoms with Crippen LogP contribution in [0.25, 0.3) is 0 Å². The van der Waals surface area contributed by atoms with Gasteiger partial charge in [-0.25, -0.2) is 0 Å². The number of nitrogens with one attached hydrogen (secondary N) is 1.